The number of carbonyl (C=O) groups excluding carboxylic acids is 1. The van der Waals surface area contributed by atoms with Gasteiger partial charge in [0.05, 0.1) is 19.8 Å². The van der Waals surface area contributed by atoms with Gasteiger partial charge in [0, 0.05) is 19.6 Å². The molecule has 0 aromatic carbocycles. The molecule has 58 heavy (non-hydrogen) atoms. The summed E-state index contributed by atoms with van der Waals surface area (Å²) in [5.41, 5.74) is 5.38. The number of unbranched alkanes of at least 4 members (excludes halogenated alkanes) is 22. The molecular weight excluding hydrogens is 746 g/mol. The van der Waals surface area contributed by atoms with E-state index >= 15 is 0 Å². The highest BCUT2D eigenvalue weighted by atomic mass is 31.2. The van der Waals surface area contributed by atoms with E-state index in [1.54, 1.807) is 0 Å². The Labute approximate surface area is 357 Å². The average Bonchev–Trinajstić information content (AvgIpc) is 3.21. The topological polar surface area (TPSA) is 117 Å². The third kappa shape index (κ3) is 45.3. The number of hydrogen-bond donors (Lipinski definition) is 2. The van der Waals surface area contributed by atoms with Crippen molar-refractivity contribution in [2.75, 3.05) is 33.0 Å². The fraction of sp³-hybridized carbons (Fsp3) is 0.776. The first-order valence-electron chi connectivity index (χ1n) is 23.8. The van der Waals surface area contributed by atoms with Gasteiger partial charge in [-0.3, -0.25) is 13.8 Å². The second-order valence-corrected chi connectivity index (χ2v) is 17.1. The van der Waals surface area contributed by atoms with Crippen molar-refractivity contribution >= 4 is 13.8 Å². The van der Waals surface area contributed by atoms with Gasteiger partial charge in [0.1, 0.15) is 6.10 Å². The quantitative estimate of drug-likeness (QED) is 0.0269. The molecule has 338 valence electrons. The number of allylic oxidation sites excluding steroid dienone is 10. The van der Waals surface area contributed by atoms with E-state index in [1.165, 1.54) is 116 Å². The molecule has 0 rings (SSSR count). The van der Waals surface area contributed by atoms with Gasteiger partial charge in [0.2, 0.25) is 0 Å². The first-order chi connectivity index (χ1) is 28.4. The number of phosphoric acid groups is 1. The smallest absolute Gasteiger partial charge is 0.457 e. The van der Waals surface area contributed by atoms with Gasteiger partial charge in [-0.2, -0.15) is 0 Å². The van der Waals surface area contributed by atoms with Crippen LogP contribution in [0, 0.1) is 0 Å². The standard InChI is InChI=1S/C49H90NO7P/c1-3-5-7-9-11-13-15-17-19-21-22-23-24-25-26-27-28-30-32-34-36-38-40-42-49(51)57-48(47-56-58(52,53)55-45-43-50)46-54-44-41-39-37-35-33-31-29-20-18-16-14-12-10-8-6-4-2/h12,14-15,17-18,20-22,24-25,48H,3-11,13,16,19,23,26-47,50H2,1-2H3,(H,52,53)/b14-12-,17-15-,20-18-,22-21-,25-24-. The van der Waals surface area contributed by atoms with Crippen molar-refractivity contribution in [3.05, 3.63) is 60.8 Å². The van der Waals surface area contributed by atoms with E-state index in [0.29, 0.717) is 13.0 Å². The lowest BCUT2D eigenvalue weighted by atomic mass is 10.1. The molecule has 0 aromatic rings. The first-order valence-corrected chi connectivity index (χ1v) is 25.3. The second kappa shape index (κ2) is 46.3. The van der Waals surface area contributed by atoms with Crippen molar-refractivity contribution in [1.82, 2.24) is 0 Å². The number of ether oxygens (including phenoxy) is 2. The molecule has 8 nitrogen and oxygen atoms in total. The van der Waals surface area contributed by atoms with Crippen LogP contribution >= 0.6 is 7.82 Å². The zero-order valence-electron chi connectivity index (χ0n) is 37.5. The molecule has 0 aliphatic rings. The van der Waals surface area contributed by atoms with Crippen molar-refractivity contribution in [2.24, 2.45) is 5.73 Å². The Morgan fingerprint density at radius 2 is 0.914 bits per heavy atom. The van der Waals surface area contributed by atoms with E-state index in [4.69, 9.17) is 24.3 Å². The summed E-state index contributed by atoms with van der Waals surface area (Å²) >= 11 is 0. The number of hydrogen-bond acceptors (Lipinski definition) is 7. The lowest BCUT2D eigenvalue weighted by Crippen LogP contribution is -2.28. The lowest BCUT2D eigenvalue weighted by Gasteiger charge is -2.20. The molecule has 9 heteroatoms. The highest BCUT2D eigenvalue weighted by Crippen LogP contribution is 2.43. The third-order valence-electron chi connectivity index (χ3n) is 9.91. The Bertz CT molecular complexity index is 1070. The summed E-state index contributed by atoms with van der Waals surface area (Å²) in [6, 6.07) is 0. The van der Waals surface area contributed by atoms with Crippen LogP contribution in [0.15, 0.2) is 60.8 Å². The molecule has 0 saturated heterocycles. The highest BCUT2D eigenvalue weighted by Gasteiger charge is 2.25. The SMILES string of the molecule is CCCCC/C=C\C/C=C\CCCCCCCCOCC(COP(=O)(O)OCCN)OC(=O)CCCCCCCCCC/C=C\C/C=C\C/C=C\CCCCCCC. The maximum atomic E-state index is 12.6. The van der Waals surface area contributed by atoms with E-state index in [2.05, 4.69) is 74.6 Å². The number of rotatable bonds is 45. The number of esters is 1. The summed E-state index contributed by atoms with van der Waals surface area (Å²) < 4.78 is 33.5. The Kier molecular flexibility index (Phi) is 44.8. The van der Waals surface area contributed by atoms with Gasteiger partial charge < -0.3 is 20.1 Å². The summed E-state index contributed by atoms with van der Waals surface area (Å²) in [6.07, 6.45) is 56.7. The van der Waals surface area contributed by atoms with Crippen LogP contribution in [0.3, 0.4) is 0 Å². The number of phosphoric ester groups is 1. The lowest BCUT2D eigenvalue weighted by molar-refractivity contribution is -0.154. The van der Waals surface area contributed by atoms with Gasteiger partial charge in [-0.05, 0) is 83.5 Å². The van der Waals surface area contributed by atoms with Crippen molar-refractivity contribution in [3.8, 4) is 0 Å². The summed E-state index contributed by atoms with van der Waals surface area (Å²) in [6.45, 7) is 4.85. The summed E-state index contributed by atoms with van der Waals surface area (Å²) in [5, 5.41) is 0. The predicted octanol–water partition coefficient (Wildman–Crippen LogP) is 14.5. The zero-order valence-corrected chi connectivity index (χ0v) is 38.4. The second-order valence-electron chi connectivity index (χ2n) is 15.6. The Morgan fingerprint density at radius 1 is 0.517 bits per heavy atom. The van der Waals surface area contributed by atoms with E-state index in [9.17, 15) is 14.3 Å². The molecule has 3 N–H and O–H groups in total. The molecule has 0 saturated carbocycles. The van der Waals surface area contributed by atoms with E-state index in [-0.39, 0.29) is 32.3 Å². The van der Waals surface area contributed by atoms with E-state index in [1.807, 2.05) is 0 Å². The van der Waals surface area contributed by atoms with Crippen LogP contribution < -0.4 is 5.73 Å². The molecule has 0 spiro atoms. The molecule has 0 fully saturated rings. The van der Waals surface area contributed by atoms with Crippen LogP contribution in [0.25, 0.3) is 0 Å². The Hall–Kier alpha value is -1.80. The monoisotopic (exact) mass is 836 g/mol. The van der Waals surface area contributed by atoms with Gasteiger partial charge in [-0.25, -0.2) is 4.57 Å². The third-order valence-corrected chi connectivity index (χ3v) is 10.9. The van der Waals surface area contributed by atoms with Crippen molar-refractivity contribution in [1.29, 1.82) is 0 Å². The normalized spacial score (nSPS) is 13.9. The van der Waals surface area contributed by atoms with Gasteiger partial charge in [0.15, 0.2) is 0 Å². The molecule has 0 aromatic heterocycles. The minimum Gasteiger partial charge on any atom is -0.457 e. The molecule has 2 unspecified atom stereocenters. The van der Waals surface area contributed by atoms with Gasteiger partial charge >= 0.3 is 13.8 Å². The molecular formula is C49H90NO7P. The predicted molar refractivity (Wildman–Crippen MR) is 247 cm³/mol. The Morgan fingerprint density at radius 3 is 1.40 bits per heavy atom. The van der Waals surface area contributed by atoms with E-state index in [0.717, 1.165) is 70.6 Å². The largest absolute Gasteiger partial charge is 0.472 e. The molecule has 0 bridgehead atoms. The minimum absolute atomic E-state index is 0.0947. The maximum Gasteiger partial charge on any atom is 0.472 e. The average molecular weight is 836 g/mol. The van der Waals surface area contributed by atoms with Crippen molar-refractivity contribution in [2.45, 2.75) is 213 Å². The fourth-order valence-corrected chi connectivity index (χ4v) is 7.15. The van der Waals surface area contributed by atoms with Gasteiger partial charge in [-0.1, -0.05) is 177 Å². The molecule has 0 amide bonds. The molecule has 0 aliphatic heterocycles. The van der Waals surface area contributed by atoms with Crippen molar-refractivity contribution < 1.29 is 32.8 Å². The molecule has 2 atom stereocenters. The van der Waals surface area contributed by atoms with Crippen LogP contribution in [-0.2, 0) is 27.9 Å². The number of carbonyl (C=O) groups is 1. The fourth-order valence-electron chi connectivity index (χ4n) is 6.39. The maximum absolute atomic E-state index is 12.6. The van der Waals surface area contributed by atoms with E-state index < -0.39 is 13.9 Å². The zero-order chi connectivity index (χ0) is 42.3. The summed E-state index contributed by atoms with van der Waals surface area (Å²) in [7, 11) is -4.29. The first kappa shape index (κ1) is 56.2. The molecule has 0 heterocycles. The Balaban J connectivity index is 4.02. The molecule has 0 radical (unpaired) electrons. The summed E-state index contributed by atoms with van der Waals surface area (Å²) in [5.74, 6) is -0.342. The van der Waals surface area contributed by atoms with Crippen LogP contribution in [0.2, 0.25) is 0 Å². The van der Waals surface area contributed by atoms with Crippen molar-refractivity contribution in [3.63, 3.8) is 0 Å². The highest BCUT2D eigenvalue weighted by molar-refractivity contribution is 7.47. The number of nitrogens with two attached hydrogens (primary N) is 1. The minimum atomic E-state index is -4.29. The van der Waals surface area contributed by atoms with Crippen LogP contribution in [0.4, 0.5) is 0 Å². The van der Waals surface area contributed by atoms with Crippen LogP contribution in [-0.4, -0.2) is 49.9 Å². The van der Waals surface area contributed by atoms with Gasteiger partial charge in [-0.15, -0.1) is 0 Å². The van der Waals surface area contributed by atoms with Crippen LogP contribution in [0.5, 0.6) is 0 Å². The van der Waals surface area contributed by atoms with Crippen LogP contribution in [0.1, 0.15) is 206 Å². The molecule has 0 aliphatic carbocycles. The van der Waals surface area contributed by atoms with Gasteiger partial charge in [0.25, 0.3) is 0 Å². The summed E-state index contributed by atoms with van der Waals surface area (Å²) in [4.78, 5) is 22.5.